The Hall–Kier alpha value is -2.32. The predicted molar refractivity (Wildman–Crippen MR) is 97.6 cm³/mol. The SMILES string of the molecule is Cc1cc(C)c(C(=O)P(=O)(OCCN=C=O)c2ccccc2)c(C)c1. The van der Waals surface area contributed by atoms with Crippen LogP contribution in [0, 0.1) is 20.8 Å². The highest BCUT2D eigenvalue weighted by molar-refractivity contribution is 7.83. The average molecular weight is 357 g/mol. The van der Waals surface area contributed by atoms with Gasteiger partial charge in [0.2, 0.25) is 6.08 Å². The van der Waals surface area contributed by atoms with E-state index in [0.29, 0.717) is 10.9 Å². The second-order valence-electron chi connectivity index (χ2n) is 5.77. The molecule has 5 nitrogen and oxygen atoms in total. The molecule has 0 bridgehead atoms. The molecule has 0 spiro atoms. The summed E-state index contributed by atoms with van der Waals surface area (Å²) in [6, 6.07) is 12.2. The molecular weight excluding hydrogens is 337 g/mol. The molecular formula is C19H20NO4P. The molecule has 1 atom stereocenters. The summed E-state index contributed by atoms with van der Waals surface area (Å²) < 4.78 is 19.1. The molecule has 0 aromatic heterocycles. The Morgan fingerprint density at radius 1 is 1.12 bits per heavy atom. The largest absolute Gasteiger partial charge is 0.318 e. The van der Waals surface area contributed by atoms with Crippen LogP contribution in [0.3, 0.4) is 0 Å². The van der Waals surface area contributed by atoms with Gasteiger partial charge in [0.25, 0.3) is 5.52 Å². The molecule has 2 aromatic rings. The van der Waals surface area contributed by atoms with Gasteiger partial charge in [-0.15, -0.1) is 0 Å². The highest BCUT2D eigenvalue weighted by atomic mass is 31.2. The molecule has 0 saturated carbocycles. The molecule has 0 N–H and O–H groups in total. The summed E-state index contributed by atoms with van der Waals surface area (Å²) in [5, 5.41) is 0.328. The number of carbonyl (C=O) groups is 1. The number of hydrogen-bond donors (Lipinski definition) is 0. The van der Waals surface area contributed by atoms with E-state index >= 15 is 0 Å². The van der Waals surface area contributed by atoms with Crippen molar-refractivity contribution in [2.45, 2.75) is 20.8 Å². The van der Waals surface area contributed by atoms with Gasteiger partial charge in [-0.3, -0.25) is 9.36 Å². The van der Waals surface area contributed by atoms with Gasteiger partial charge in [0.15, 0.2) is 0 Å². The zero-order chi connectivity index (χ0) is 18.4. The summed E-state index contributed by atoms with van der Waals surface area (Å²) in [7, 11) is -3.82. The minimum atomic E-state index is -3.82. The van der Waals surface area contributed by atoms with Crippen LogP contribution < -0.4 is 5.30 Å². The third-order valence-electron chi connectivity index (χ3n) is 3.80. The first kappa shape index (κ1) is 19.0. The van der Waals surface area contributed by atoms with E-state index < -0.39 is 12.9 Å². The minimum absolute atomic E-state index is 0.000530. The van der Waals surface area contributed by atoms with Crippen LogP contribution in [0.15, 0.2) is 47.5 Å². The number of hydrogen-bond acceptors (Lipinski definition) is 5. The van der Waals surface area contributed by atoms with E-state index in [0.717, 1.165) is 16.7 Å². The number of aryl methyl sites for hydroxylation is 3. The number of aliphatic imine (C=N–C) groups is 1. The monoisotopic (exact) mass is 357 g/mol. The number of nitrogens with zero attached hydrogens (tertiary/aromatic N) is 1. The van der Waals surface area contributed by atoms with Crippen molar-refractivity contribution >= 4 is 24.3 Å². The van der Waals surface area contributed by atoms with Crippen molar-refractivity contribution < 1.29 is 18.7 Å². The molecule has 0 aliphatic heterocycles. The van der Waals surface area contributed by atoms with Gasteiger partial charge in [-0.2, -0.15) is 0 Å². The molecule has 0 amide bonds. The van der Waals surface area contributed by atoms with Gasteiger partial charge < -0.3 is 4.52 Å². The second-order valence-corrected chi connectivity index (χ2v) is 8.06. The fourth-order valence-electron chi connectivity index (χ4n) is 2.80. The lowest BCUT2D eigenvalue weighted by Gasteiger charge is -2.20. The first-order valence-corrected chi connectivity index (χ1v) is 9.49. The molecule has 25 heavy (non-hydrogen) atoms. The lowest BCUT2D eigenvalue weighted by atomic mass is 10.0. The number of isocyanates is 1. The van der Waals surface area contributed by atoms with Crippen molar-refractivity contribution in [3.05, 3.63) is 64.7 Å². The lowest BCUT2D eigenvalue weighted by Crippen LogP contribution is -2.18. The van der Waals surface area contributed by atoms with Crippen molar-refractivity contribution in [2.24, 2.45) is 4.99 Å². The molecule has 0 aliphatic rings. The molecule has 6 heteroatoms. The molecule has 1 unspecified atom stereocenters. The maximum atomic E-state index is 13.6. The van der Waals surface area contributed by atoms with Crippen LogP contribution in [-0.2, 0) is 13.9 Å². The number of rotatable bonds is 7. The van der Waals surface area contributed by atoms with E-state index in [4.69, 9.17) is 4.52 Å². The van der Waals surface area contributed by atoms with E-state index in [9.17, 15) is 14.2 Å². The van der Waals surface area contributed by atoms with Crippen molar-refractivity contribution in [1.29, 1.82) is 0 Å². The maximum absolute atomic E-state index is 13.6. The quantitative estimate of drug-likeness (QED) is 0.328. The van der Waals surface area contributed by atoms with E-state index in [2.05, 4.69) is 4.99 Å². The van der Waals surface area contributed by atoms with E-state index in [1.54, 1.807) is 30.3 Å². The second kappa shape index (κ2) is 8.17. The Labute approximate surface area is 147 Å². The zero-order valence-electron chi connectivity index (χ0n) is 14.5. The molecule has 0 aliphatic carbocycles. The standard InChI is InChI=1S/C19H20NO4P/c1-14-11-15(2)18(16(3)12-14)19(22)25(23,24-10-9-20-13-21)17-7-5-4-6-8-17/h4-8,11-12H,9-10H2,1-3H3. The van der Waals surface area contributed by atoms with Crippen LogP contribution >= 0.6 is 7.37 Å². The van der Waals surface area contributed by atoms with E-state index in [1.807, 2.05) is 32.9 Å². The molecule has 0 heterocycles. The average Bonchev–Trinajstić information content (AvgIpc) is 2.58. The van der Waals surface area contributed by atoms with Crippen LogP contribution in [-0.4, -0.2) is 24.8 Å². The van der Waals surface area contributed by atoms with Gasteiger partial charge in [-0.1, -0.05) is 35.9 Å². The predicted octanol–water partition coefficient (Wildman–Crippen LogP) is 3.71. The molecule has 2 aromatic carbocycles. The van der Waals surface area contributed by atoms with Crippen molar-refractivity contribution in [1.82, 2.24) is 0 Å². The van der Waals surface area contributed by atoms with E-state index in [1.165, 1.54) is 6.08 Å². The van der Waals surface area contributed by atoms with Gasteiger partial charge in [0.1, 0.15) is 0 Å². The van der Waals surface area contributed by atoms with Crippen molar-refractivity contribution in [3.63, 3.8) is 0 Å². The van der Waals surface area contributed by atoms with Crippen LogP contribution in [0.5, 0.6) is 0 Å². The summed E-state index contributed by atoms with van der Waals surface area (Å²) in [5.74, 6) is 0. The Bertz CT molecular complexity index is 847. The van der Waals surface area contributed by atoms with Crippen molar-refractivity contribution in [2.75, 3.05) is 13.2 Å². The molecule has 2 rings (SSSR count). The summed E-state index contributed by atoms with van der Waals surface area (Å²) in [4.78, 5) is 26.8. The molecule has 0 saturated heterocycles. The summed E-state index contributed by atoms with van der Waals surface area (Å²) in [6.45, 7) is 5.48. The highest BCUT2D eigenvalue weighted by Crippen LogP contribution is 2.49. The van der Waals surface area contributed by atoms with Crippen LogP contribution in [0.2, 0.25) is 0 Å². The minimum Gasteiger partial charge on any atom is -0.318 e. The third-order valence-corrected chi connectivity index (χ3v) is 6.08. The fourth-order valence-corrected chi connectivity index (χ4v) is 4.85. The maximum Gasteiger partial charge on any atom is 0.300 e. The zero-order valence-corrected chi connectivity index (χ0v) is 15.4. The summed E-state index contributed by atoms with van der Waals surface area (Å²) in [6.07, 6.45) is 1.40. The van der Waals surface area contributed by atoms with Crippen LogP contribution in [0.25, 0.3) is 0 Å². The fraction of sp³-hybridized carbons (Fsp3) is 0.263. The summed E-state index contributed by atoms with van der Waals surface area (Å²) in [5.41, 5.74) is 2.42. The Kier molecular flexibility index (Phi) is 6.22. The van der Waals surface area contributed by atoms with Gasteiger partial charge in [0.05, 0.1) is 13.2 Å². The molecule has 0 fully saturated rings. The smallest absolute Gasteiger partial charge is 0.300 e. The van der Waals surface area contributed by atoms with Gasteiger partial charge in [-0.05, 0) is 44.0 Å². The topological polar surface area (TPSA) is 72.8 Å². The first-order chi connectivity index (χ1) is 11.9. The number of carbonyl (C=O) groups excluding carboxylic acids is 2. The van der Waals surface area contributed by atoms with Gasteiger partial charge in [0, 0.05) is 10.9 Å². The van der Waals surface area contributed by atoms with Crippen LogP contribution in [0.4, 0.5) is 0 Å². The lowest BCUT2D eigenvalue weighted by molar-refractivity contribution is 0.105. The number of benzene rings is 2. The Balaban J connectivity index is 2.50. The van der Waals surface area contributed by atoms with Gasteiger partial charge in [-0.25, -0.2) is 9.79 Å². The summed E-state index contributed by atoms with van der Waals surface area (Å²) >= 11 is 0. The van der Waals surface area contributed by atoms with Crippen molar-refractivity contribution in [3.8, 4) is 0 Å². The molecule has 130 valence electrons. The highest BCUT2D eigenvalue weighted by Gasteiger charge is 2.37. The van der Waals surface area contributed by atoms with E-state index in [-0.39, 0.29) is 13.2 Å². The van der Waals surface area contributed by atoms with Crippen LogP contribution in [0.1, 0.15) is 27.0 Å². The third kappa shape index (κ3) is 4.21. The van der Waals surface area contributed by atoms with Gasteiger partial charge >= 0.3 is 7.37 Å². The Morgan fingerprint density at radius 2 is 1.72 bits per heavy atom. The first-order valence-electron chi connectivity index (χ1n) is 7.86. The normalized spacial score (nSPS) is 12.9. The molecule has 0 radical (unpaired) electrons. The Morgan fingerprint density at radius 3 is 2.28 bits per heavy atom.